The molecule has 4 heteroatoms. The first-order chi connectivity index (χ1) is 7.20. The van der Waals surface area contributed by atoms with Crippen LogP contribution in [0.1, 0.15) is 18.0 Å². The standard InChI is InChI=1S/C11H13BrFNO/c12-9-3-1-2-8(10(9)13)11(14)7-4-5-15-6-7/h1-3,7,11H,4-6,14H2. The smallest absolute Gasteiger partial charge is 0.142 e. The summed E-state index contributed by atoms with van der Waals surface area (Å²) in [6.45, 7) is 1.36. The molecule has 0 saturated carbocycles. The lowest BCUT2D eigenvalue weighted by atomic mass is 9.93. The Morgan fingerprint density at radius 3 is 3.00 bits per heavy atom. The Labute approximate surface area is 96.7 Å². The lowest BCUT2D eigenvalue weighted by molar-refractivity contribution is 0.180. The van der Waals surface area contributed by atoms with Crippen LogP contribution in [0.3, 0.4) is 0 Å². The van der Waals surface area contributed by atoms with Gasteiger partial charge in [-0.1, -0.05) is 12.1 Å². The maximum absolute atomic E-state index is 13.7. The third kappa shape index (κ3) is 2.22. The van der Waals surface area contributed by atoms with Gasteiger partial charge in [-0.2, -0.15) is 0 Å². The highest BCUT2D eigenvalue weighted by Gasteiger charge is 2.26. The summed E-state index contributed by atoms with van der Waals surface area (Å²) in [7, 11) is 0. The molecule has 0 spiro atoms. The highest BCUT2D eigenvalue weighted by molar-refractivity contribution is 9.10. The van der Waals surface area contributed by atoms with Crippen molar-refractivity contribution in [3.63, 3.8) is 0 Å². The van der Waals surface area contributed by atoms with Crippen molar-refractivity contribution in [2.75, 3.05) is 13.2 Å². The van der Waals surface area contributed by atoms with E-state index in [0.29, 0.717) is 16.6 Å². The molecule has 0 aromatic heterocycles. The molecule has 0 radical (unpaired) electrons. The van der Waals surface area contributed by atoms with E-state index in [0.717, 1.165) is 13.0 Å². The number of halogens is 2. The van der Waals surface area contributed by atoms with Gasteiger partial charge in [0.2, 0.25) is 0 Å². The molecule has 1 aromatic carbocycles. The molecule has 2 N–H and O–H groups in total. The van der Waals surface area contributed by atoms with Crippen LogP contribution < -0.4 is 5.73 Å². The average molecular weight is 274 g/mol. The zero-order chi connectivity index (χ0) is 10.8. The Balaban J connectivity index is 2.24. The van der Waals surface area contributed by atoms with Crippen LogP contribution in [-0.2, 0) is 4.74 Å². The summed E-state index contributed by atoms with van der Waals surface area (Å²) >= 11 is 3.16. The molecule has 0 bridgehead atoms. The Morgan fingerprint density at radius 1 is 1.53 bits per heavy atom. The minimum absolute atomic E-state index is 0.230. The monoisotopic (exact) mass is 273 g/mol. The molecular formula is C11H13BrFNO. The maximum atomic E-state index is 13.7. The largest absolute Gasteiger partial charge is 0.381 e. The van der Waals surface area contributed by atoms with Crippen molar-refractivity contribution in [2.24, 2.45) is 11.7 Å². The molecule has 2 atom stereocenters. The second-order valence-corrected chi connectivity index (χ2v) is 4.65. The predicted octanol–water partition coefficient (Wildman–Crippen LogP) is 2.62. The molecule has 1 heterocycles. The van der Waals surface area contributed by atoms with E-state index in [-0.39, 0.29) is 17.8 Å². The van der Waals surface area contributed by atoms with E-state index in [1.807, 2.05) is 0 Å². The molecule has 0 aliphatic carbocycles. The second-order valence-electron chi connectivity index (χ2n) is 3.79. The van der Waals surface area contributed by atoms with Crippen molar-refractivity contribution in [3.8, 4) is 0 Å². The molecule has 1 fully saturated rings. The van der Waals surface area contributed by atoms with Crippen molar-refractivity contribution in [2.45, 2.75) is 12.5 Å². The topological polar surface area (TPSA) is 35.2 Å². The van der Waals surface area contributed by atoms with E-state index >= 15 is 0 Å². The van der Waals surface area contributed by atoms with E-state index in [1.54, 1.807) is 18.2 Å². The highest BCUT2D eigenvalue weighted by atomic mass is 79.9. The molecule has 1 saturated heterocycles. The molecule has 1 aliphatic rings. The number of rotatable bonds is 2. The normalized spacial score (nSPS) is 23.0. The second kappa shape index (κ2) is 4.60. The first kappa shape index (κ1) is 11.0. The van der Waals surface area contributed by atoms with Gasteiger partial charge in [-0.05, 0) is 28.4 Å². The van der Waals surface area contributed by atoms with Crippen LogP contribution in [0.15, 0.2) is 22.7 Å². The van der Waals surface area contributed by atoms with Gasteiger partial charge >= 0.3 is 0 Å². The third-order valence-corrected chi connectivity index (χ3v) is 3.43. The summed E-state index contributed by atoms with van der Waals surface area (Å²) in [5.41, 5.74) is 6.60. The number of nitrogens with two attached hydrogens (primary N) is 1. The average Bonchev–Trinajstić information content (AvgIpc) is 2.74. The molecular weight excluding hydrogens is 261 g/mol. The van der Waals surface area contributed by atoms with Crippen LogP contribution in [0, 0.1) is 11.7 Å². The van der Waals surface area contributed by atoms with E-state index in [1.165, 1.54) is 0 Å². The lowest BCUT2D eigenvalue weighted by Crippen LogP contribution is -2.22. The SMILES string of the molecule is NC(c1cccc(Br)c1F)C1CCOC1. The van der Waals surface area contributed by atoms with Crippen LogP contribution in [0.2, 0.25) is 0 Å². The summed E-state index contributed by atoms with van der Waals surface area (Å²) in [5, 5.41) is 0. The first-order valence-corrected chi connectivity index (χ1v) is 5.76. The highest BCUT2D eigenvalue weighted by Crippen LogP contribution is 2.30. The molecule has 2 rings (SSSR count). The summed E-state index contributed by atoms with van der Waals surface area (Å²) in [4.78, 5) is 0. The van der Waals surface area contributed by atoms with Crippen molar-refractivity contribution >= 4 is 15.9 Å². The quantitative estimate of drug-likeness (QED) is 0.899. The van der Waals surface area contributed by atoms with E-state index in [2.05, 4.69) is 15.9 Å². The molecule has 0 amide bonds. The van der Waals surface area contributed by atoms with Crippen LogP contribution in [0.25, 0.3) is 0 Å². The number of ether oxygens (including phenoxy) is 1. The molecule has 1 aromatic rings. The lowest BCUT2D eigenvalue weighted by Gasteiger charge is -2.18. The van der Waals surface area contributed by atoms with Crippen LogP contribution in [0.4, 0.5) is 4.39 Å². The Bertz CT molecular complexity index is 352. The van der Waals surface area contributed by atoms with Crippen molar-refractivity contribution in [1.29, 1.82) is 0 Å². The van der Waals surface area contributed by atoms with Crippen LogP contribution in [-0.4, -0.2) is 13.2 Å². The Kier molecular flexibility index (Phi) is 3.38. The van der Waals surface area contributed by atoms with Crippen molar-refractivity contribution in [3.05, 3.63) is 34.1 Å². The van der Waals surface area contributed by atoms with E-state index in [4.69, 9.17) is 10.5 Å². The molecule has 2 nitrogen and oxygen atoms in total. The number of benzene rings is 1. The van der Waals surface area contributed by atoms with Gasteiger partial charge in [0.15, 0.2) is 0 Å². The third-order valence-electron chi connectivity index (χ3n) is 2.81. The van der Waals surface area contributed by atoms with Gasteiger partial charge in [-0.3, -0.25) is 0 Å². The summed E-state index contributed by atoms with van der Waals surface area (Å²) in [5.74, 6) is -0.0225. The predicted molar refractivity (Wildman–Crippen MR) is 60.0 cm³/mol. The van der Waals surface area contributed by atoms with E-state index < -0.39 is 0 Å². The van der Waals surface area contributed by atoms with Gasteiger partial charge in [0.05, 0.1) is 11.1 Å². The zero-order valence-corrected chi connectivity index (χ0v) is 9.84. The van der Waals surface area contributed by atoms with Gasteiger partial charge in [0, 0.05) is 24.1 Å². The summed E-state index contributed by atoms with van der Waals surface area (Å²) in [6, 6.07) is 4.95. The van der Waals surface area contributed by atoms with Crippen molar-refractivity contribution < 1.29 is 9.13 Å². The maximum Gasteiger partial charge on any atom is 0.142 e. The minimum atomic E-state index is -0.273. The molecule has 15 heavy (non-hydrogen) atoms. The van der Waals surface area contributed by atoms with Gasteiger partial charge in [0.1, 0.15) is 5.82 Å². The molecule has 2 unspecified atom stereocenters. The number of hydrogen-bond donors (Lipinski definition) is 1. The van der Waals surface area contributed by atoms with Gasteiger partial charge < -0.3 is 10.5 Å². The summed E-state index contributed by atoms with van der Waals surface area (Å²) < 4.78 is 19.5. The fourth-order valence-corrected chi connectivity index (χ4v) is 2.25. The Morgan fingerprint density at radius 2 is 2.33 bits per heavy atom. The van der Waals surface area contributed by atoms with Crippen molar-refractivity contribution in [1.82, 2.24) is 0 Å². The van der Waals surface area contributed by atoms with Gasteiger partial charge in [0.25, 0.3) is 0 Å². The van der Waals surface area contributed by atoms with Crippen LogP contribution in [0.5, 0.6) is 0 Å². The van der Waals surface area contributed by atoms with Gasteiger partial charge in [-0.15, -0.1) is 0 Å². The zero-order valence-electron chi connectivity index (χ0n) is 8.25. The van der Waals surface area contributed by atoms with E-state index in [9.17, 15) is 4.39 Å². The molecule has 82 valence electrons. The number of hydrogen-bond acceptors (Lipinski definition) is 2. The molecule has 1 aliphatic heterocycles. The fraction of sp³-hybridized carbons (Fsp3) is 0.455. The minimum Gasteiger partial charge on any atom is -0.381 e. The van der Waals surface area contributed by atoms with Gasteiger partial charge in [-0.25, -0.2) is 4.39 Å². The van der Waals surface area contributed by atoms with Crippen LogP contribution >= 0.6 is 15.9 Å². The first-order valence-electron chi connectivity index (χ1n) is 4.97. The Hall–Kier alpha value is -0.450. The fourth-order valence-electron chi connectivity index (χ4n) is 1.87. The summed E-state index contributed by atoms with van der Waals surface area (Å²) in [6.07, 6.45) is 0.910.